The predicted octanol–water partition coefficient (Wildman–Crippen LogP) is 2.92. The van der Waals surface area contributed by atoms with Crippen LogP contribution in [0.4, 0.5) is 5.69 Å². The topological polar surface area (TPSA) is 99.0 Å². The highest BCUT2D eigenvalue weighted by atomic mass is 32.2. The molecule has 0 spiro atoms. The van der Waals surface area contributed by atoms with Crippen LogP contribution in [-0.4, -0.2) is 43.9 Å². The summed E-state index contributed by atoms with van der Waals surface area (Å²) in [6, 6.07) is 11.0. The smallest absolute Gasteiger partial charge is 0.269 e. The zero-order valence-electron chi connectivity index (χ0n) is 15.8. The van der Waals surface area contributed by atoms with Gasteiger partial charge in [-0.25, -0.2) is 8.42 Å². The fourth-order valence-corrected chi connectivity index (χ4v) is 4.51. The Morgan fingerprint density at radius 1 is 1.21 bits per heavy atom. The van der Waals surface area contributed by atoms with E-state index in [1.54, 1.807) is 36.4 Å². The number of morpholine rings is 1. The molecule has 0 amide bonds. The third-order valence-electron chi connectivity index (χ3n) is 4.52. The van der Waals surface area contributed by atoms with E-state index >= 15 is 0 Å². The van der Waals surface area contributed by atoms with Crippen molar-refractivity contribution in [1.82, 2.24) is 4.31 Å². The molecule has 0 radical (unpaired) electrons. The van der Waals surface area contributed by atoms with Gasteiger partial charge >= 0.3 is 0 Å². The number of nitrogens with zero attached hydrogens (tertiary/aromatic N) is 2. The number of ether oxygens (including phenoxy) is 2. The molecule has 0 aliphatic carbocycles. The Bertz CT molecular complexity index is 1000. The molecule has 2 aromatic rings. The third kappa shape index (κ3) is 5.00. The van der Waals surface area contributed by atoms with Crippen LogP contribution >= 0.6 is 0 Å². The second-order valence-corrected chi connectivity index (χ2v) is 8.43. The number of non-ortho nitro benzene ring substituents is 1. The lowest BCUT2D eigenvalue weighted by atomic mass is 10.1. The highest BCUT2D eigenvalue weighted by Crippen LogP contribution is 2.26. The summed E-state index contributed by atoms with van der Waals surface area (Å²) in [5.41, 5.74) is 1.31. The number of allylic oxidation sites excluding steroid dienone is 1. The van der Waals surface area contributed by atoms with Crippen molar-refractivity contribution in [3.8, 4) is 5.75 Å². The summed E-state index contributed by atoms with van der Waals surface area (Å²) in [6.45, 7) is 5.23. The van der Waals surface area contributed by atoms with E-state index in [1.807, 2.05) is 0 Å². The van der Waals surface area contributed by atoms with Crippen LogP contribution in [0.2, 0.25) is 0 Å². The van der Waals surface area contributed by atoms with Gasteiger partial charge in [-0.2, -0.15) is 4.31 Å². The summed E-state index contributed by atoms with van der Waals surface area (Å²) in [7, 11) is -3.59. The van der Waals surface area contributed by atoms with E-state index in [2.05, 4.69) is 6.58 Å². The average Bonchev–Trinajstić information content (AvgIpc) is 2.74. The molecule has 1 aliphatic rings. The van der Waals surface area contributed by atoms with Crippen molar-refractivity contribution in [3.63, 3.8) is 0 Å². The maximum absolute atomic E-state index is 12.8. The molecule has 2 aromatic carbocycles. The first kappa shape index (κ1) is 21.0. The molecular formula is C20H22N2O6S. The second-order valence-electron chi connectivity index (χ2n) is 6.49. The van der Waals surface area contributed by atoms with E-state index in [0.29, 0.717) is 49.6 Å². The fraction of sp³-hybridized carbons (Fsp3) is 0.300. The Morgan fingerprint density at radius 2 is 1.97 bits per heavy atom. The number of nitro groups is 1. The maximum atomic E-state index is 12.8. The number of benzene rings is 2. The van der Waals surface area contributed by atoms with Crippen LogP contribution in [0.5, 0.6) is 5.75 Å². The van der Waals surface area contributed by atoms with Crippen molar-refractivity contribution in [2.45, 2.75) is 17.9 Å². The Morgan fingerprint density at radius 3 is 2.66 bits per heavy atom. The molecule has 8 nitrogen and oxygen atoms in total. The normalized spacial score (nSPS) is 15.0. The fourth-order valence-electron chi connectivity index (χ4n) is 3.03. The summed E-state index contributed by atoms with van der Waals surface area (Å²) < 4.78 is 38.1. The number of sulfonamides is 1. The maximum Gasteiger partial charge on any atom is 0.269 e. The monoisotopic (exact) mass is 418 g/mol. The van der Waals surface area contributed by atoms with Gasteiger partial charge in [-0.05, 0) is 30.2 Å². The van der Waals surface area contributed by atoms with E-state index in [9.17, 15) is 18.5 Å². The van der Waals surface area contributed by atoms with Crippen LogP contribution in [0.1, 0.15) is 11.1 Å². The molecule has 0 unspecified atom stereocenters. The van der Waals surface area contributed by atoms with Crippen molar-refractivity contribution in [1.29, 1.82) is 0 Å². The lowest BCUT2D eigenvalue weighted by molar-refractivity contribution is -0.384. The van der Waals surface area contributed by atoms with E-state index < -0.39 is 14.9 Å². The average molecular weight is 418 g/mol. The molecule has 0 bridgehead atoms. The van der Waals surface area contributed by atoms with E-state index in [1.165, 1.54) is 16.4 Å². The summed E-state index contributed by atoms with van der Waals surface area (Å²) in [5, 5.41) is 11.0. The number of rotatable bonds is 8. The first-order chi connectivity index (χ1) is 13.9. The van der Waals surface area contributed by atoms with Gasteiger partial charge in [-0.1, -0.05) is 18.2 Å². The molecule has 1 fully saturated rings. The summed E-state index contributed by atoms with van der Waals surface area (Å²) in [4.78, 5) is 10.7. The van der Waals surface area contributed by atoms with Crippen LogP contribution in [0.3, 0.4) is 0 Å². The minimum absolute atomic E-state index is 0.0206. The van der Waals surface area contributed by atoms with Crippen molar-refractivity contribution >= 4 is 15.7 Å². The minimum atomic E-state index is -3.59. The quantitative estimate of drug-likeness (QED) is 0.371. The van der Waals surface area contributed by atoms with Gasteiger partial charge in [-0.3, -0.25) is 10.1 Å². The zero-order valence-corrected chi connectivity index (χ0v) is 16.6. The molecule has 0 N–H and O–H groups in total. The lowest BCUT2D eigenvalue weighted by Gasteiger charge is -2.26. The van der Waals surface area contributed by atoms with Gasteiger partial charge in [0.15, 0.2) is 0 Å². The van der Waals surface area contributed by atoms with Gasteiger partial charge in [0, 0.05) is 30.8 Å². The van der Waals surface area contributed by atoms with Crippen molar-refractivity contribution in [2.24, 2.45) is 0 Å². The second kappa shape index (κ2) is 9.17. The van der Waals surface area contributed by atoms with Crippen molar-refractivity contribution < 1.29 is 22.8 Å². The Balaban J connectivity index is 1.77. The molecular weight excluding hydrogens is 396 g/mol. The molecule has 9 heteroatoms. The SMILES string of the molecule is C=CCc1cc([N+](=O)[O-])ccc1OCc1cccc(S(=O)(=O)N2CCOCC2)c1. The molecule has 1 saturated heterocycles. The van der Waals surface area contributed by atoms with Gasteiger partial charge in [0.2, 0.25) is 10.0 Å². The molecule has 0 saturated carbocycles. The molecule has 154 valence electrons. The van der Waals surface area contributed by atoms with Gasteiger partial charge in [0.25, 0.3) is 5.69 Å². The Hall–Kier alpha value is -2.75. The number of nitro benzene ring substituents is 1. The van der Waals surface area contributed by atoms with Crippen LogP contribution in [0.25, 0.3) is 0 Å². The highest BCUT2D eigenvalue weighted by molar-refractivity contribution is 7.89. The van der Waals surface area contributed by atoms with Crippen molar-refractivity contribution in [2.75, 3.05) is 26.3 Å². The van der Waals surface area contributed by atoms with Crippen LogP contribution in [0.15, 0.2) is 60.0 Å². The molecule has 29 heavy (non-hydrogen) atoms. The minimum Gasteiger partial charge on any atom is -0.489 e. The largest absolute Gasteiger partial charge is 0.489 e. The number of hydrogen-bond donors (Lipinski definition) is 0. The standard InChI is InChI=1S/C20H22N2O6S/c1-2-4-17-14-18(22(23)24)7-8-20(17)28-15-16-5-3-6-19(13-16)29(25,26)21-9-11-27-12-10-21/h2-3,5-8,13-14H,1,4,9-12,15H2. The lowest BCUT2D eigenvalue weighted by Crippen LogP contribution is -2.40. The zero-order chi connectivity index (χ0) is 20.9. The number of hydrogen-bond acceptors (Lipinski definition) is 6. The summed E-state index contributed by atoms with van der Waals surface area (Å²) in [5.74, 6) is 0.497. The van der Waals surface area contributed by atoms with Crippen LogP contribution < -0.4 is 4.74 Å². The first-order valence-electron chi connectivity index (χ1n) is 9.09. The highest BCUT2D eigenvalue weighted by Gasteiger charge is 2.26. The Kier molecular flexibility index (Phi) is 6.63. The predicted molar refractivity (Wildman–Crippen MR) is 107 cm³/mol. The molecule has 0 aromatic heterocycles. The molecule has 3 rings (SSSR count). The molecule has 1 heterocycles. The van der Waals surface area contributed by atoms with Crippen molar-refractivity contribution in [3.05, 3.63) is 76.4 Å². The molecule has 1 aliphatic heterocycles. The van der Waals surface area contributed by atoms with E-state index in [0.717, 1.165) is 0 Å². The third-order valence-corrected chi connectivity index (χ3v) is 6.41. The summed E-state index contributed by atoms with van der Waals surface area (Å²) in [6.07, 6.45) is 2.06. The molecule has 0 atom stereocenters. The van der Waals surface area contributed by atoms with Crippen LogP contribution in [-0.2, 0) is 27.8 Å². The summed E-state index contributed by atoms with van der Waals surface area (Å²) >= 11 is 0. The van der Waals surface area contributed by atoms with Gasteiger partial charge in [0.05, 0.1) is 23.0 Å². The van der Waals surface area contributed by atoms with Gasteiger partial charge in [0.1, 0.15) is 12.4 Å². The van der Waals surface area contributed by atoms with E-state index in [4.69, 9.17) is 9.47 Å². The van der Waals surface area contributed by atoms with Crippen LogP contribution in [0, 0.1) is 10.1 Å². The first-order valence-corrected chi connectivity index (χ1v) is 10.5. The van der Waals surface area contributed by atoms with Gasteiger partial charge < -0.3 is 9.47 Å². The van der Waals surface area contributed by atoms with E-state index in [-0.39, 0.29) is 17.2 Å². The Labute approximate surface area is 169 Å². The van der Waals surface area contributed by atoms with Gasteiger partial charge in [-0.15, -0.1) is 6.58 Å².